The van der Waals surface area contributed by atoms with Crippen molar-refractivity contribution >= 4 is 5.97 Å². The van der Waals surface area contributed by atoms with Crippen molar-refractivity contribution in [2.75, 3.05) is 20.3 Å². The fraction of sp³-hybridized carbons (Fsp3) is 0.667. The van der Waals surface area contributed by atoms with Crippen LogP contribution in [0.4, 0.5) is 0 Å². The first-order chi connectivity index (χ1) is 9.67. The minimum atomic E-state index is -0.443. The van der Waals surface area contributed by atoms with Crippen LogP contribution in [0.15, 0.2) is 16.5 Å². The largest absolute Gasteiger partial charge is 0.463 e. The number of hydrogen-bond donors (Lipinski definition) is 1. The molecular formula is C15H23NO4. The molecule has 1 aliphatic heterocycles. The third-order valence-electron chi connectivity index (χ3n) is 4.04. The summed E-state index contributed by atoms with van der Waals surface area (Å²) < 4.78 is 10.3. The van der Waals surface area contributed by atoms with Crippen LogP contribution in [0.25, 0.3) is 0 Å². The maximum Gasteiger partial charge on any atom is 0.373 e. The van der Waals surface area contributed by atoms with E-state index in [4.69, 9.17) is 9.52 Å². The maximum absolute atomic E-state index is 11.4. The fourth-order valence-electron chi connectivity index (χ4n) is 2.96. The van der Waals surface area contributed by atoms with Gasteiger partial charge in [-0.25, -0.2) is 4.79 Å². The number of aliphatic hydroxyl groups excluding tert-OH is 1. The van der Waals surface area contributed by atoms with E-state index in [2.05, 4.69) is 16.6 Å². The molecule has 1 N–H and O–H groups in total. The first-order valence-corrected chi connectivity index (χ1v) is 7.22. The average molecular weight is 281 g/mol. The first kappa shape index (κ1) is 15.1. The van der Waals surface area contributed by atoms with E-state index in [1.165, 1.54) is 13.5 Å². The van der Waals surface area contributed by atoms with Crippen LogP contribution in [0.2, 0.25) is 0 Å². The summed E-state index contributed by atoms with van der Waals surface area (Å²) in [5.41, 5.74) is 0. The first-order valence-electron chi connectivity index (χ1n) is 7.22. The number of nitrogens with zero attached hydrogens (tertiary/aromatic N) is 1. The summed E-state index contributed by atoms with van der Waals surface area (Å²) in [6.45, 7) is 3.37. The molecule has 2 unspecified atom stereocenters. The number of carbonyl (C=O) groups excluding carboxylic acids is 1. The van der Waals surface area contributed by atoms with Crippen LogP contribution in [-0.4, -0.2) is 42.3 Å². The average Bonchev–Trinajstić information content (AvgIpc) is 3.12. The predicted molar refractivity (Wildman–Crippen MR) is 74.5 cm³/mol. The van der Waals surface area contributed by atoms with Crippen LogP contribution in [0.5, 0.6) is 0 Å². The van der Waals surface area contributed by atoms with Crippen molar-refractivity contribution in [1.82, 2.24) is 4.90 Å². The molecule has 2 atom stereocenters. The van der Waals surface area contributed by atoms with Crippen molar-refractivity contribution in [1.29, 1.82) is 0 Å². The topological polar surface area (TPSA) is 62.9 Å². The van der Waals surface area contributed by atoms with Gasteiger partial charge in [-0.1, -0.05) is 0 Å². The Morgan fingerprint density at radius 1 is 1.60 bits per heavy atom. The number of likely N-dealkylation sites (tertiary alicyclic amines) is 1. The second-order valence-corrected chi connectivity index (χ2v) is 5.27. The molecule has 5 heteroatoms. The van der Waals surface area contributed by atoms with Gasteiger partial charge < -0.3 is 14.3 Å². The number of rotatable bonds is 6. The Morgan fingerprint density at radius 3 is 3.10 bits per heavy atom. The van der Waals surface area contributed by atoms with Gasteiger partial charge in [0.2, 0.25) is 5.76 Å². The summed E-state index contributed by atoms with van der Waals surface area (Å²) in [4.78, 5) is 13.8. The summed E-state index contributed by atoms with van der Waals surface area (Å²) in [5.74, 6) is 0.600. The van der Waals surface area contributed by atoms with E-state index in [1.807, 2.05) is 6.07 Å². The molecule has 1 aromatic heterocycles. The molecule has 20 heavy (non-hydrogen) atoms. The van der Waals surface area contributed by atoms with Gasteiger partial charge in [0.05, 0.1) is 13.2 Å². The predicted octanol–water partition coefficient (Wildman–Crippen LogP) is 2.36. The highest BCUT2D eigenvalue weighted by molar-refractivity contribution is 5.86. The fourth-order valence-corrected chi connectivity index (χ4v) is 2.96. The zero-order valence-electron chi connectivity index (χ0n) is 12.2. The molecule has 0 amide bonds. The van der Waals surface area contributed by atoms with Crippen LogP contribution >= 0.6 is 0 Å². The standard InChI is InChI=1S/C15H23NO4/c1-11(13-7-8-14(20-13)15(18)19-2)16-9-3-5-12(16)6-4-10-17/h7-8,11-12,17H,3-6,9-10H2,1-2H3. The molecule has 0 saturated carbocycles. The zero-order valence-corrected chi connectivity index (χ0v) is 12.2. The maximum atomic E-state index is 11.4. The van der Waals surface area contributed by atoms with Crippen LogP contribution in [0.3, 0.4) is 0 Å². The highest BCUT2D eigenvalue weighted by atomic mass is 16.5. The Kier molecular flexibility index (Phi) is 5.20. The van der Waals surface area contributed by atoms with Crippen molar-refractivity contribution < 1.29 is 19.1 Å². The Balaban J connectivity index is 2.04. The third kappa shape index (κ3) is 3.22. The van der Waals surface area contributed by atoms with Gasteiger partial charge in [-0.05, 0) is 51.3 Å². The van der Waals surface area contributed by atoms with Gasteiger partial charge >= 0.3 is 5.97 Å². The molecule has 112 valence electrons. The van der Waals surface area contributed by atoms with E-state index in [-0.39, 0.29) is 18.4 Å². The van der Waals surface area contributed by atoms with Gasteiger partial charge in [0, 0.05) is 12.6 Å². The lowest BCUT2D eigenvalue weighted by Crippen LogP contribution is -2.32. The minimum Gasteiger partial charge on any atom is -0.463 e. The lowest BCUT2D eigenvalue weighted by molar-refractivity contribution is 0.0558. The third-order valence-corrected chi connectivity index (χ3v) is 4.04. The molecule has 0 aliphatic carbocycles. The summed E-state index contributed by atoms with van der Waals surface area (Å²) in [5, 5.41) is 8.97. The van der Waals surface area contributed by atoms with Gasteiger partial charge in [-0.2, -0.15) is 0 Å². The number of methoxy groups -OCH3 is 1. The molecule has 5 nitrogen and oxygen atoms in total. The molecule has 0 aromatic carbocycles. The summed E-state index contributed by atoms with van der Waals surface area (Å²) >= 11 is 0. The quantitative estimate of drug-likeness (QED) is 0.811. The summed E-state index contributed by atoms with van der Waals surface area (Å²) in [6, 6.07) is 4.14. The van der Waals surface area contributed by atoms with Gasteiger partial charge in [0.15, 0.2) is 0 Å². The molecule has 0 spiro atoms. The normalized spacial score (nSPS) is 21.1. The van der Waals surface area contributed by atoms with Crippen LogP contribution in [0.1, 0.15) is 55.0 Å². The van der Waals surface area contributed by atoms with Gasteiger partial charge in [-0.3, -0.25) is 4.90 Å². The minimum absolute atomic E-state index is 0.139. The van der Waals surface area contributed by atoms with Crippen molar-refractivity contribution in [3.05, 3.63) is 23.7 Å². The van der Waals surface area contributed by atoms with Crippen molar-refractivity contribution in [3.8, 4) is 0 Å². The second kappa shape index (κ2) is 6.90. The number of aliphatic hydroxyl groups is 1. The molecular weight excluding hydrogens is 258 g/mol. The van der Waals surface area contributed by atoms with E-state index >= 15 is 0 Å². The Bertz CT molecular complexity index is 443. The summed E-state index contributed by atoms with van der Waals surface area (Å²) in [7, 11) is 1.35. The monoisotopic (exact) mass is 281 g/mol. The number of carbonyl (C=O) groups is 1. The van der Waals surface area contributed by atoms with Gasteiger partial charge in [0.1, 0.15) is 5.76 Å². The van der Waals surface area contributed by atoms with E-state index in [0.717, 1.165) is 31.6 Å². The van der Waals surface area contributed by atoms with Crippen molar-refractivity contribution in [2.24, 2.45) is 0 Å². The molecule has 1 fully saturated rings. The molecule has 0 radical (unpaired) electrons. The number of esters is 1. The van der Waals surface area contributed by atoms with Crippen molar-refractivity contribution in [3.63, 3.8) is 0 Å². The molecule has 0 bridgehead atoms. The molecule has 2 rings (SSSR count). The lowest BCUT2D eigenvalue weighted by atomic mass is 10.1. The van der Waals surface area contributed by atoms with Gasteiger partial charge in [-0.15, -0.1) is 0 Å². The highest BCUT2D eigenvalue weighted by Gasteiger charge is 2.30. The highest BCUT2D eigenvalue weighted by Crippen LogP contribution is 2.32. The van der Waals surface area contributed by atoms with E-state index in [0.29, 0.717) is 6.04 Å². The Hall–Kier alpha value is -1.33. The SMILES string of the molecule is COC(=O)c1ccc(C(C)N2CCCC2CCCO)o1. The van der Waals surface area contributed by atoms with Crippen molar-refractivity contribution in [2.45, 2.75) is 44.7 Å². The van der Waals surface area contributed by atoms with Crippen LogP contribution in [-0.2, 0) is 4.74 Å². The zero-order chi connectivity index (χ0) is 14.5. The van der Waals surface area contributed by atoms with Crippen LogP contribution in [0, 0.1) is 0 Å². The Morgan fingerprint density at radius 2 is 2.40 bits per heavy atom. The molecule has 2 heterocycles. The molecule has 1 saturated heterocycles. The second-order valence-electron chi connectivity index (χ2n) is 5.27. The smallest absolute Gasteiger partial charge is 0.373 e. The molecule has 1 aliphatic rings. The Labute approximate surface area is 119 Å². The number of hydrogen-bond acceptors (Lipinski definition) is 5. The number of ether oxygens (including phenoxy) is 1. The molecule has 1 aromatic rings. The van der Waals surface area contributed by atoms with E-state index in [1.54, 1.807) is 6.07 Å². The van der Waals surface area contributed by atoms with Crippen LogP contribution < -0.4 is 0 Å². The van der Waals surface area contributed by atoms with Gasteiger partial charge in [0.25, 0.3) is 0 Å². The lowest BCUT2D eigenvalue weighted by Gasteiger charge is -2.29. The number of furan rings is 1. The summed E-state index contributed by atoms with van der Waals surface area (Å²) in [6.07, 6.45) is 4.17. The van der Waals surface area contributed by atoms with E-state index in [9.17, 15) is 4.79 Å². The van der Waals surface area contributed by atoms with E-state index < -0.39 is 5.97 Å².